The Morgan fingerprint density at radius 1 is 1.50 bits per heavy atom. The molecule has 0 aromatic carbocycles. The lowest BCUT2D eigenvalue weighted by atomic mass is 10.2. The number of likely N-dealkylation sites (N-methyl/N-ethyl adjacent to an activating group) is 1. The molecule has 6 heteroatoms. The molecule has 104 valence electrons. The summed E-state index contributed by atoms with van der Waals surface area (Å²) in [4.78, 5) is 17.0. The van der Waals surface area contributed by atoms with Crippen LogP contribution < -0.4 is 5.32 Å². The van der Waals surface area contributed by atoms with E-state index in [1.54, 1.807) is 26.4 Å². The predicted molar refractivity (Wildman–Crippen MR) is 75.0 cm³/mol. The van der Waals surface area contributed by atoms with Gasteiger partial charge in [0.05, 0.1) is 0 Å². The molecule has 1 N–H and O–H groups in total. The summed E-state index contributed by atoms with van der Waals surface area (Å²) in [6.45, 7) is 8.38. The molecular formula is C12H22ClN3O2. The Kier molecular flexibility index (Phi) is 7.43. The molecule has 5 nitrogen and oxygen atoms in total. The van der Waals surface area contributed by atoms with Crippen LogP contribution in [0.5, 0.6) is 0 Å². The molecule has 0 spiro atoms. The van der Waals surface area contributed by atoms with Gasteiger partial charge in [-0.2, -0.15) is 0 Å². The smallest absolute Gasteiger partial charge is 0.410 e. The van der Waals surface area contributed by atoms with E-state index < -0.39 is 5.60 Å². The quantitative estimate of drug-likeness (QED) is 0.477. The Balaban J connectivity index is 3.94. The van der Waals surface area contributed by atoms with Gasteiger partial charge >= 0.3 is 6.09 Å². The summed E-state index contributed by atoms with van der Waals surface area (Å²) in [6, 6.07) is 0. The van der Waals surface area contributed by atoms with Crippen LogP contribution in [0.15, 0.2) is 16.3 Å². The standard InChI is InChI=1S/C12H22ClN3O2/c1-6-15-10(13)9-14-7-8-16(5)11(17)18-12(2,3)4/h6,9,14H,7-8H2,1-5H3/b10-9-,15-6?. The fourth-order valence-corrected chi connectivity index (χ4v) is 1.16. The zero-order valence-electron chi connectivity index (χ0n) is 11.7. The van der Waals surface area contributed by atoms with Gasteiger partial charge in [-0.3, -0.25) is 0 Å². The van der Waals surface area contributed by atoms with Crippen molar-refractivity contribution >= 4 is 23.9 Å². The number of rotatable bonds is 5. The number of hydrogen-bond donors (Lipinski definition) is 1. The molecule has 0 unspecified atom stereocenters. The van der Waals surface area contributed by atoms with Gasteiger partial charge in [0.1, 0.15) is 10.8 Å². The average Bonchev–Trinajstić information content (AvgIpc) is 2.22. The third-order valence-electron chi connectivity index (χ3n) is 1.77. The normalized spacial score (nSPS) is 12.7. The van der Waals surface area contributed by atoms with Crippen LogP contribution in [0.3, 0.4) is 0 Å². The molecule has 0 bridgehead atoms. The third-order valence-corrected chi connectivity index (χ3v) is 1.98. The molecule has 0 fully saturated rings. The SMILES string of the molecule is CC=N/C(Cl)=C\NCCN(C)C(=O)OC(C)(C)C. The minimum absolute atomic E-state index is 0.342. The molecule has 1 amide bonds. The van der Waals surface area contributed by atoms with Crippen molar-refractivity contribution in [3.63, 3.8) is 0 Å². The number of hydrogen-bond acceptors (Lipinski definition) is 4. The molecule has 0 aliphatic heterocycles. The van der Waals surface area contributed by atoms with Crippen LogP contribution in [0.1, 0.15) is 27.7 Å². The first-order chi connectivity index (χ1) is 8.26. The van der Waals surface area contributed by atoms with Crippen molar-refractivity contribution in [2.45, 2.75) is 33.3 Å². The van der Waals surface area contributed by atoms with Crippen molar-refractivity contribution in [3.05, 3.63) is 11.4 Å². The van der Waals surface area contributed by atoms with Crippen LogP contribution >= 0.6 is 11.6 Å². The lowest BCUT2D eigenvalue weighted by Gasteiger charge is -2.24. The molecule has 0 aromatic rings. The highest BCUT2D eigenvalue weighted by Gasteiger charge is 2.18. The number of amides is 1. The van der Waals surface area contributed by atoms with Crippen LogP contribution in [0.4, 0.5) is 4.79 Å². The van der Waals surface area contributed by atoms with Gasteiger partial charge in [-0.1, -0.05) is 11.6 Å². The summed E-state index contributed by atoms with van der Waals surface area (Å²) in [6.07, 6.45) is 2.85. The number of carbonyl (C=O) groups is 1. The number of ether oxygens (including phenoxy) is 1. The van der Waals surface area contributed by atoms with E-state index in [1.165, 1.54) is 4.90 Å². The van der Waals surface area contributed by atoms with Gasteiger partial charge < -0.3 is 15.0 Å². The van der Waals surface area contributed by atoms with Crippen molar-refractivity contribution in [1.82, 2.24) is 10.2 Å². The molecule has 0 heterocycles. The van der Waals surface area contributed by atoms with Crippen molar-refractivity contribution in [1.29, 1.82) is 0 Å². The largest absolute Gasteiger partial charge is 0.444 e. The monoisotopic (exact) mass is 275 g/mol. The van der Waals surface area contributed by atoms with Crippen molar-refractivity contribution in [2.24, 2.45) is 4.99 Å². The molecule has 0 aromatic heterocycles. The Hall–Kier alpha value is -1.23. The molecular weight excluding hydrogens is 254 g/mol. The second kappa shape index (κ2) is 7.97. The number of aliphatic imine (C=N–C) groups is 1. The lowest BCUT2D eigenvalue weighted by molar-refractivity contribution is 0.0302. The van der Waals surface area contributed by atoms with Gasteiger partial charge in [0.2, 0.25) is 0 Å². The second-order valence-electron chi connectivity index (χ2n) is 4.71. The highest BCUT2D eigenvalue weighted by molar-refractivity contribution is 6.29. The van der Waals surface area contributed by atoms with E-state index >= 15 is 0 Å². The molecule has 0 radical (unpaired) electrons. The molecule has 0 saturated carbocycles. The highest BCUT2D eigenvalue weighted by Crippen LogP contribution is 2.08. The van der Waals surface area contributed by atoms with Crippen LogP contribution in [0.25, 0.3) is 0 Å². The summed E-state index contributed by atoms with van der Waals surface area (Å²) in [5.74, 6) is 0. The minimum Gasteiger partial charge on any atom is -0.444 e. The number of nitrogens with zero attached hydrogens (tertiary/aromatic N) is 2. The summed E-state index contributed by atoms with van der Waals surface area (Å²) < 4.78 is 5.21. The fraction of sp³-hybridized carbons (Fsp3) is 0.667. The van der Waals surface area contributed by atoms with E-state index in [0.717, 1.165) is 0 Å². The lowest BCUT2D eigenvalue weighted by Crippen LogP contribution is -2.37. The first kappa shape index (κ1) is 16.8. The van der Waals surface area contributed by atoms with E-state index in [4.69, 9.17) is 16.3 Å². The first-order valence-corrected chi connectivity index (χ1v) is 6.16. The van der Waals surface area contributed by atoms with E-state index in [0.29, 0.717) is 18.2 Å². The van der Waals surface area contributed by atoms with Crippen molar-refractivity contribution in [2.75, 3.05) is 20.1 Å². The molecule has 0 aliphatic rings. The summed E-state index contributed by atoms with van der Waals surface area (Å²) >= 11 is 5.74. The van der Waals surface area contributed by atoms with Gasteiger partial charge in [-0.05, 0) is 27.7 Å². The Morgan fingerprint density at radius 2 is 2.11 bits per heavy atom. The van der Waals surface area contributed by atoms with E-state index in [9.17, 15) is 4.79 Å². The molecule has 0 rings (SSSR count). The minimum atomic E-state index is -0.474. The Bertz CT molecular complexity index is 322. The van der Waals surface area contributed by atoms with Crippen molar-refractivity contribution in [3.8, 4) is 0 Å². The van der Waals surface area contributed by atoms with Crippen LogP contribution in [0, 0.1) is 0 Å². The second-order valence-corrected chi connectivity index (χ2v) is 5.10. The van der Waals surface area contributed by atoms with E-state index in [-0.39, 0.29) is 6.09 Å². The number of carbonyl (C=O) groups excluding carboxylic acids is 1. The van der Waals surface area contributed by atoms with Gasteiger partial charge in [0.25, 0.3) is 0 Å². The summed E-state index contributed by atoms with van der Waals surface area (Å²) in [5, 5.41) is 3.33. The van der Waals surface area contributed by atoms with Gasteiger partial charge in [-0.25, -0.2) is 9.79 Å². The van der Waals surface area contributed by atoms with E-state index in [2.05, 4.69) is 10.3 Å². The van der Waals surface area contributed by atoms with Crippen LogP contribution in [-0.2, 0) is 4.74 Å². The first-order valence-electron chi connectivity index (χ1n) is 5.78. The Labute approximate surface area is 114 Å². The summed E-state index contributed by atoms with van der Waals surface area (Å²) in [7, 11) is 1.69. The van der Waals surface area contributed by atoms with Crippen molar-refractivity contribution < 1.29 is 9.53 Å². The topological polar surface area (TPSA) is 53.9 Å². The molecule has 0 atom stereocenters. The van der Waals surface area contributed by atoms with Gasteiger partial charge in [0, 0.05) is 32.6 Å². The fourth-order valence-electron chi connectivity index (χ4n) is 0.980. The number of halogens is 1. The molecule has 18 heavy (non-hydrogen) atoms. The maximum atomic E-state index is 11.6. The van der Waals surface area contributed by atoms with Crippen LogP contribution in [0.2, 0.25) is 0 Å². The zero-order chi connectivity index (χ0) is 14.2. The van der Waals surface area contributed by atoms with Gasteiger partial charge in [0.15, 0.2) is 0 Å². The Morgan fingerprint density at radius 3 is 2.61 bits per heavy atom. The maximum Gasteiger partial charge on any atom is 0.410 e. The predicted octanol–water partition coefficient (Wildman–Crippen LogP) is 2.57. The van der Waals surface area contributed by atoms with E-state index in [1.807, 2.05) is 20.8 Å². The summed E-state index contributed by atoms with van der Waals surface area (Å²) in [5.41, 5.74) is -0.474. The highest BCUT2D eigenvalue weighted by atomic mass is 35.5. The third kappa shape index (κ3) is 8.87. The molecule has 0 aliphatic carbocycles. The average molecular weight is 276 g/mol. The van der Waals surface area contributed by atoms with Gasteiger partial charge in [-0.15, -0.1) is 0 Å². The zero-order valence-corrected chi connectivity index (χ0v) is 12.4. The maximum absolute atomic E-state index is 11.6. The van der Waals surface area contributed by atoms with Crippen LogP contribution in [-0.4, -0.2) is 42.9 Å². The number of nitrogens with one attached hydrogen (secondary N) is 1. The molecule has 0 saturated heterocycles.